The zero-order valence-electron chi connectivity index (χ0n) is 23.3. The van der Waals surface area contributed by atoms with E-state index in [4.69, 9.17) is 31.0 Å². The van der Waals surface area contributed by atoms with Crippen LogP contribution < -0.4 is 0 Å². The lowest BCUT2D eigenvalue weighted by Crippen LogP contribution is -2.29. The van der Waals surface area contributed by atoms with Gasteiger partial charge in [0, 0.05) is 34.8 Å². The highest BCUT2D eigenvalue weighted by Gasteiger charge is 2.33. The summed E-state index contributed by atoms with van der Waals surface area (Å²) in [4.78, 5) is 23.3. The third kappa shape index (κ3) is 5.31. The van der Waals surface area contributed by atoms with Gasteiger partial charge < -0.3 is 14.0 Å². The predicted molar refractivity (Wildman–Crippen MR) is 159 cm³/mol. The van der Waals surface area contributed by atoms with Gasteiger partial charge in [0.05, 0.1) is 22.4 Å². The molecule has 202 valence electrons. The van der Waals surface area contributed by atoms with Crippen molar-refractivity contribution >= 4 is 50.2 Å². The van der Waals surface area contributed by atoms with Gasteiger partial charge in [0.15, 0.2) is 6.10 Å². The molecule has 0 saturated carbocycles. The molecule has 1 atom stereocenters. The van der Waals surface area contributed by atoms with Crippen LogP contribution in [-0.4, -0.2) is 32.7 Å². The van der Waals surface area contributed by atoms with Crippen LogP contribution in [0.15, 0.2) is 48.7 Å². The summed E-state index contributed by atoms with van der Waals surface area (Å²) in [5, 5.41) is 2.57. The monoisotopic (exact) mass is 561 g/mol. The topological polar surface area (TPSA) is 66.2 Å². The summed E-state index contributed by atoms with van der Waals surface area (Å²) in [6.45, 7) is 12.0. The second-order valence-corrected chi connectivity index (χ2v) is 12.1. The van der Waals surface area contributed by atoms with Crippen molar-refractivity contribution in [3.05, 3.63) is 70.4 Å². The fourth-order valence-electron chi connectivity index (χ4n) is 4.92. The number of nitrogens with zero attached hydrogens (tertiary/aromatic N) is 3. The molecule has 0 aliphatic carbocycles. The smallest absolute Gasteiger partial charge is 0.339 e. The number of pyridine rings is 1. The molecule has 3 heterocycles. The molecule has 0 amide bonds. The highest BCUT2D eigenvalue weighted by atomic mass is 35.5. The third-order valence-corrected chi connectivity index (χ3v) is 7.90. The maximum atomic E-state index is 13.3. The van der Waals surface area contributed by atoms with Crippen LogP contribution in [0.1, 0.15) is 50.5 Å². The van der Waals surface area contributed by atoms with Gasteiger partial charge in [0.1, 0.15) is 16.3 Å². The Morgan fingerprint density at radius 2 is 1.79 bits per heavy atom. The molecule has 39 heavy (non-hydrogen) atoms. The van der Waals surface area contributed by atoms with Crippen LogP contribution in [0.4, 0.5) is 0 Å². The molecule has 0 aliphatic heterocycles. The number of aromatic nitrogens is 3. The molecule has 5 aromatic rings. The summed E-state index contributed by atoms with van der Waals surface area (Å²) in [6, 6.07) is 13.8. The van der Waals surface area contributed by atoms with E-state index in [0.29, 0.717) is 5.02 Å². The van der Waals surface area contributed by atoms with Crippen LogP contribution >= 0.6 is 22.9 Å². The lowest BCUT2D eigenvalue weighted by atomic mass is 9.91. The molecule has 8 heteroatoms. The van der Waals surface area contributed by atoms with Gasteiger partial charge >= 0.3 is 5.97 Å². The van der Waals surface area contributed by atoms with Crippen molar-refractivity contribution in [2.75, 3.05) is 6.61 Å². The molecule has 5 rings (SSSR count). The SMILES string of the molecule is CCOC(=O)[C@@H](OC(C)(C)C)c1c(C)cc2nc(-c3ccc4c(C)cn(C)c4n3)sc2c1-c1ccc(Cl)cc1. The van der Waals surface area contributed by atoms with Crippen molar-refractivity contribution in [1.29, 1.82) is 0 Å². The zero-order chi connectivity index (χ0) is 28.1. The van der Waals surface area contributed by atoms with Gasteiger partial charge in [-0.2, -0.15) is 0 Å². The first-order valence-corrected chi connectivity index (χ1v) is 14.1. The number of hydrogen-bond donors (Lipinski definition) is 0. The minimum absolute atomic E-state index is 0.262. The zero-order valence-corrected chi connectivity index (χ0v) is 24.8. The highest BCUT2D eigenvalue weighted by molar-refractivity contribution is 7.22. The highest BCUT2D eigenvalue weighted by Crippen LogP contribution is 2.44. The molecule has 0 N–H and O–H groups in total. The van der Waals surface area contributed by atoms with Gasteiger partial charge in [0.2, 0.25) is 0 Å². The van der Waals surface area contributed by atoms with Crippen LogP contribution in [0.25, 0.3) is 43.1 Å². The number of halogens is 1. The molecule has 0 spiro atoms. The number of hydrogen-bond acceptors (Lipinski definition) is 6. The summed E-state index contributed by atoms with van der Waals surface area (Å²) in [5.74, 6) is -0.416. The third-order valence-electron chi connectivity index (χ3n) is 6.54. The van der Waals surface area contributed by atoms with E-state index in [-0.39, 0.29) is 6.61 Å². The molecule has 0 radical (unpaired) electrons. The Morgan fingerprint density at radius 1 is 1.08 bits per heavy atom. The second kappa shape index (κ2) is 10.4. The second-order valence-electron chi connectivity index (χ2n) is 10.7. The molecular formula is C31H32ClN3O3S. The summed E-state index contributed by atoms with van der Waals surface area (Å²) < 4.78 is 14.9. The fourth-order valence-corrected chi connectivity index (χ4v) is 6.14. The Balaban J connectivity index is 1.78. The van der Waals surface area contributed by atoms with Crippen molar-refractivity contribution in [2.24, 2.45) is 7.05 Å². The van der Waals surface area contributed by atoms with Gasteiger partial charge in [0.25, 0.3) is 0 Å². The van der Waals surface area contributed by atoms with Crippen LogP contribution in [0.5, 0.6) is 0 Å². The van der Waals surface area contributed by atoms with Gasteiger partial charge in [-0.05, 0) is 88.6 Å². The number of esters is 1. The van der Waals surface area contributed by atoms with Crippen molar-refractivity contribution in [3.8, 4) is 21.8 Å². The van der Waals surface area contributed by atoms with Crippen molar-refractivity contribution in [3.63, 3.8) is 0 Å². The number of aryl methyl sites for hydroxylation is 3. The Kier molecular flexibility index (Phi) is 7.27. The first-order valence-electron chi connectivity index (χ1n) is 12.9. The quantitative estimate of drug-likeness (QED) is 0.195. The largest absolute Gasteiger partial charge is 0.464 e. The minimum Gasteiger partial charge on any atom is -0.464 e. The van der Waals surface area contributed by atoms with Gasteiger partial charge in [-0.25, -0.2) is 14.8 Å². The average molecular weight is 562 g/mol. The molecular weight excluding hydrogens is 530 g/mol. The summed E-state index contributed by atoms with van der Waals surface area (Å²) in [5.41, 5.74) is 6.65. The Morgan fingerprint density at radius 3 is 2.46 bits per heavy atom. The number of ether oxygens (including phenoxy) is 2. The maximum absolute atomic E-state index is 13.3. The summed E-state index contributed by atoms with van der Waals surface area (Å²) in [6.07, 6.45) is 1.17. The van der Waals surface area contributed by atoms with E-state index in [1.165, 1.54) is 5.56 Å². The van der Waals surface area contributed by atoms with E-state index in [2.05, 4.69) is 19.2 Å². The summed E-state index contributed by atoms with van der Waals surface area (Å²) >= 11 is 7.81. The fraction of sp³-hybridized carbons (Fsp3) is 0.323. The Labute approximate surface area is 237 Å². The first kappa shape index (κ1) is 27.3. The lowest BCUT2D eigenvalue weighted by molar-refractivity contribution is -0.166. The average Bonchev–Trinajstić information content (AvgIpc) is 3.42. The molecule has 0 fully saturated rings. The maximum Gasteiger partial charge on any atom is 0.339 e. The van der Waals surface area contributed by atoms with Gasteiger partial charge in [-0.15, -0.1) is 11.3 Å². The number of rotatable bonds is 6. The van der Waals surface area contributed by atoms with Crippen molar-refractivity contribution in [2.45, 2.75) is 53.2 Å². The van der Waals surface area contributed by atoms with Crippen LogP contribution in [0.2, 0.25) is 5.02 Å². The normalized spacial score (nSPS) is 12.8. The number of benzene rings is 2. The molecule has 0 saturated heterocycles. The first-order chi connectivity index (χ1) is 18.5. The molecule has 0 aliphatic rings. The number of thiazole rings is 1. The standard InChI is InChI=1S/C31H32ClN3O3S/c1-8-37-30(36)26(38-31(4,5)6)24-17(2)15-23-27(25(24)19-9-11-20(32)12-10-19)39-29(34-23)22-14-13-21-18(3)16-35(7)28(21)33-22/h9-16,26H,8H2,1-7H3/t26-/m0/s1. The lowest BCUT2D eigenvalue weighted by Gasteiger charge is -2.29. The van der Waals surface area contributed by atoms with E-state index >= 15 is 0 Å². The van der Waals surface area contributed by atoms with Crippen molar-refractivity contribution in [1.82, 2.24) is 14.5 Å². The van der Waals surface area contributed by atoms with E-state index in [0.717, 1.165) is 54.2 Å². The van der Waals surface area contributed by atoms with E-state index in [1.807, 2.05) is 75.7 Å². The molecule has 0 bridgehead atoms. The number of carbonyl (C=O) groups excluding carboxylic acids is 1. The van der Waals surface area contributed by atoms with Crippen LogP contribution in [0, 0.1) is 13.8 Å². The molecule has 3 aromatic heterocycles. The van der Waals surface area contributed by atoms with Gasteiger partial charge in [-0.1, -0.05) is 23.7 Å². The molecule has 2 aromatic carbocycles. The van der Waals surface area contributed by atoms with E-state index < -0.39 is 17.7 Å². The number of fused-ring (bicyclic) bond motifs is 2. The van der Waals surface area contributed by atoms with Crippen LogP contribution in [0.3, 0.4) is 0 Å². The van der Waals surface area contributed by atoms with Gasteiger partial charge in [-0.3, -0.25) is 0 Å². The van der Waals surface area contributed by atoms with Crippen molar-refractivity contribution < 1.29 is 14.3 Å². The van der Waals surface area contributed by atoms with Crippen LogP contribution in [-0.2, 0) is 21.3 Å². The Bertz CT molecular complexity index is 1700. The Hall–Kier alpha value is -3.26. The molecule has 6 nitrogen and oxygen atoms in total. The predicted octanol–water partition coefficient (Wildman–Crippen LogP) is 8.21. The molecule has 0 unspecified atom stereocenters. The van der Waals surface area contributed by atoms with E-state index in [1.54, 1.807) is 18.3 Å². The summed E-state index contributed by atoms with van der Waals surface area (Å²) in [7, 11) is 2.00. The minimum atomic E-state index is -0.911. The van der Waals surface area contributed by atoms with E-state index in [9.17, 15) is 4.79 Å². The number of carbonyl (C=O) groups is 1.